The lowest BCUT2D eigenvalue weighted by atomic mass is 10.1. The lowest BCUT2D eigenvalue weighted by Crippen LogP contribution is -2.36. The summed E-state index contributed by atoms with van der Waals surface area (Å²) >= 11 is 4.28. The third kappa shape index (κ3) is 2.14. The van der Waals surface area contributed by atoms with Crippen LogP contribution in [0.3, 0.4) is 0 Å². The SMILES string of the molecule is Cc1c(Nc2c(Br)sc(C(=O)N(C)C)c2O)c(=O)c1=O. The zero-order valence-corrected chi connectivity index (χ0v) is 13.3. The van der Waals surface area contributed by atoms with Gasteiger partial charge in [-0.25, -0.2) is 0 Å². The van der Waals surface area contributed by atoms with Crippen LogP contribution >= 0.6 is 27.3 Å². The molecular formula is C12H11BrN2O4S. The molecule has 1 aromatic carbocycles. The van der Waals surface area contributed by atoms with Crippen LogP contribution in [0.5, 0.6) is 5.75 Å². The fraction of sp³-hybridized carbons (Fsp3) is 0.250. The van der Waals surface area contributed by atoms with Crippen molar-refractivity contribution in [3.63, 3.8) is 0 Å². The predicted octanol–water partition coefficient (Wildman–Crippen LogP) is 1.57. The maximum atomic E-state index is 11.9. The molecule has 0 aliphatic heterocycles. The number of nitrogens with one attached hydrogen (secondary N) is 1. The van der Waals surface area contributed by atoms with Crippen LogP contribution in [-0.2, 0) is 0 Å². The lowest BCUT2D eigenvalue weighted by Gasteiger charge is -2.11. The van der Waals surface area contributed by atoms with Gasteiger partial charge in [-0.15, -0.1) is 11.3 Å². The summed E-state index contributed by atoms with van der Waals surface area (Å²) in [7, 11) is 3.15. The molecule has 0 unspecified atom stereocenters. The maximum Gasteiger partial charge on any atom is 0.267 e. The molecule has 1 aromatic heterocycles. The molecule has 0 spiro atoms. The average molecular weight is 359 g/mol. The fourth-order valence-electron chi connectivity index (χ4n) is 1.63. The zero-order valence-electron chi connectivity index (χ0n) is 10.9. The van der Waals surface area contributed by atoms with Crippen LogP contribution in [0.25, 0.3) is 0 Å². The van der Waals surface area contributed by atoms with Gasteiger partial charge in [-0.05, 0) is 22.9 Å². The quantitative estimate of drug-likeness (QED) is 0.813. The molecule has 20 heavy (non-hydrogen) atoms. The minimum atomic E-state index is -0.625. The number of carbonyl (C=O) groups is 1. The van der Waals surface area contributed by atoms with E-state index in [1.54, 1.807) is 14.1 Å². The Morgan fingerprint density at radius 1 is 1.25 bits per heavy atom. The first-order valence-corrected chi connectivity index (χ1v) is 7.16. The van der Waals surface area contributed by atoms with Crippen molar-refractivity contribution in [2.24, 2.45) is 0 Å². The van der Waals surface area contributed by atoms with Crippen molar-refractivity contribution in [3.8, 4) is 5.75 Å². The average Bonchev–Trinajstić information content (AvgIpc) is 2.69. The van der Waals surface area contributed by atoms with E-state index in [4.69, 9.17) is 0 Å². The third-order valence-corrected chi connectivity index (χ3v) is 4.68. The summed E-state index contributed by atoms with van der Waals surface area (Å²) in [5.41, 5.74) is -0.487. The largest absolute Gasteiger partial charge is 0.504 e. The Kier molecular flexibility index (Phi) is 3.70. The predicted molar refractivity (Wildman–Crippen MR) is 81.1 cm³/mol. The summed E-state index contributed by atoms with van der Waals surface area (Å²) in [5.74, 6) is -0.587. The molecule has 2 N–H and O–H groups in total. The van der Waals surface area contributed by atoms with Crippen LogP contribution in [0, 0.1) is 6.92 Å². The Labute approximate surface area is 126 Å². The molecule has 6 nitrogen and oxygen atoms in total. The molecule has 0 radical (unpaired) electrons. The Balaban J connectivity index is 2.42. The number of carbonyl (C=O) groups excluding carboxylic acids is 1. The van der Waals surface area contributed by atoms with Gasteiger partial charge in [-0.1, -0.05) is 0 Å². The monoisotopic (exact) mass is 358 g/mol. The van der Waals surface area contributed by atoms with Gasteiger partial charge in [0.05, 0.1) is 9.47 Å². The highest BCUT2D eigenvalue weighted by Gasteiger charge is 2.25. The molecule has 0 saturated heterocycles. The number of nitrogens with zero attached hydrogens (tertiary/aromatic N) is 1. The van der Waals surface area contributed by atoms with E-state index in [2.05, 4.69) is 21.2 Å². The molecule has 8 heteroatoms. The second-order valence-electron chi connectivity index (χ2n) is 4.41. The van der Waals surface area contributed by atoms with E-state index in [0.29, 0.717) is 9.35 Å². The van der Waals surface area contributed by atoms with Crippen molar-refractivity contribution in [3.05, 3.63) is 34.7 Å². The standard InChI is InChI=1S/C12H11BrN2O4S/c1-4-5(8(17)7(4)16)14-6-9(18)10(20-11(6)13)12(19)15(2)3/h14,18H,1-3H3. The summed E-state index contributed by atoms with van der Waals surface area (Å²) in [5, 5.41) is 12.8. The second kappa shape index (κ2) is 5.02. The van der Waals surface area contributed by atoms with Crippen molar-refractivity contribution >= 4 is 44.5 Å². The van der Waals surface area contributed by atoms with Crippen molar-refractivity contribution < 1.29 is 9.90 Å². The first-order chi connectivity index (χ1) is 9.25. The van der Waals surface area contributed by atoms with Gasteiger partial charge >= 0.3 is 0 Å². The number of hydrogen-bond acceptors (Lipinski definition) is 6. The van der Waals surface area contributed by atoms with Crippen molar-refractivity contribution in [2.75, 3.05) is 19.4 Å². The van der Waals surface area contributed by atoms with Gasteiger partial charge in [0.2, 0.25) is 10.9 Å². The number of hydrogen-bond donors (Lipinski definition) is 2. The van der Waals surface area contributed by atoms with Crippen LogP contribution in [0.15, 0.2) is 13.4 Å². The highest BCUT2D eigenvalue weighted by atomic mass is 79.9. The van der Waals surface area contributed by atoms with Gasteiger partial charge in [0.1, 0.15) is 10.6 Å². The zero-order chi connectivity index (χ0) is 15.2. The van der Waals surface area contributed by atoms with Crippen LogP contribution in [0.1, 0.15) is 15.2 Å². The number of amides is 1. The molecule has 2 aromatic rings. The van der Waals surface area contributed by atoms with E-state index >= 15 is 0 Å². The molecule has 0 aliphatic carbocycles. The van der Waals surface area contributed by atoms with E-state index < -0.39 is 10.9 Å². The van der Waals surface area contributed by atoms with Crippen LogP contribution in [0.4, 0.5) is 11.4 Å². The number of anilines is 2. The van der Waals surface area contributed by atoms with Crippen molar-refractivity contribution in [2.45, 2.75) is 6.92 Å². The number of aromatic hydroxyl groups is 1. The van der Waals surface area contributed by atoms with Crippen molar-refractivity contribution in [1.29, 1.82) is 0 Å². The summed E-state index contributed by atoms with van der Waals surface area (Å²) in [6, 6.07) is 0. The Bertz CT molecular complexity index is 771. The number of halogens is 1. The van der Waals surface area contributed by atoms with Gasteiger partial charge in [-0.3, -0.25) is 14.4 Å². The smallest absolute Gasteiger partial charge is 0.267 e. The molecule has 0 saturated carbocycles. The Hall–Kier alpha value is -1.67. The summed E-state index contributed by atoms with van der Waals surface area (Å²) in [6.07, 6.45) is 0. The third-order valence-electron chi connectivity index (χ3n) is 2.84. The molecule has 1 amide bonds. The lowest BCUT2D eigenvalue weighted by molar-refractivity contribution is 0.0829. The second-order valence-corrected chi connectivity index (χ2v) is 6.75. The fourth-order valence-corrected chi connectivity index (χ4v) is 3.30. The topological polar surface area (TPSA) is 86.7 Å². The maximum absolute atomic E-state index is 11.9. The molecule has 106 valence electrons. The van der Waals surface area contributed by atoms with Gasteiger partial charge in [0.25, 0.3) is 5.91 Å². The highest BCUT2D eigenvalue weighted by Crippen LogP contribution is 2.44. The summed E-state index contributed by atoms with van der Waals surface area (Å²) < 4.78 is 0.479. The first kappa shape index (κ1) is 14.7. The van der Waals surface area contributed by atoms with Gasteiger partial charge in [0.15, 0.2) is 5.75 Å². The molecule has 2 rings (SSSR count). The van der Waals surface area contributed by atoms with E-state index in [9.17, 15) is 19.5 Å². The normalized spacial score (nSPS) is 10.8. The molecule has 0 fully saturated rings. The molecule has 0 bridgehead atoms. The van der Waals surface area contributed by atoms with E-state index in [1.165, 1.54) is 11.8 Å². The number of thiophene rings is 1. The minimum absolute atomic E-state index is 0.146. The molecule has 0 aliphatic rings. The van der Waals surface area contributed by atoms with E-state index in [1.807, 2.05) is 0 Å². The Morgan fingerprint density at radius 3 is 2.35 bits per heavy atom. The molecule has 1 heterocycles. The van der Waals surface area contributed by atoms with Gasteiger partial charge in [-0.2, -0.15) is 0 Å². The van der Waals surface area contributed by atoms with Crippen LogP contribution in [0.2, 0.25) is 0 Å². The first-order valence-electron chi connectivity index (χ1n) is 5.55. The number of rotatable bonds is 3. The Morgan fingerprint density at radius 2 is 1.85 bits per heavy atom. The highest BCUT2D eigenvalue weighted by molar-refractivity contribution is 9.11. The van der Waals surface area contributed by atoms with Crippen LogP contribution < -0.4 is 16.2 Å². The van der Waals surface area contributed by atoms with E-state index in [0.717, 1.165) is 11.3 Å². The summed E-state index contributed by atoms with van der Waals surface area (Å²) in [4.78, 5) is 35.9. The molecular weight excluding hydrogens is 348 g/mol. The minimum Gasteiger partial charge on any atom is -0.504 e. The van der Waals surface area contributed by atoms with Gasteiger partial charge < -0.3 is 15.3 Å². The molecule has 0 atom stereocenters. The van der Waals surface area contributed by atoms with Gasteiger partial charge in [0, 0.05) is 19.7 Å². The van der Waals surface area contributed by atoms with Crippen LogP contribution in [-0.4, -0.2) is 30.0 Å². The van der Waals surface area contributed by atoms with E-state index in [-0.39, 0.29) is 27.9 Å². The summed E-state index contributed by atoms with van der Waals surface area (Å²) in [6.45, 7) is 1.52. The van der Waals surface area contributed by atoms with Crippen molar-refractivity contribution in [1.82, 2.24) is 4.90 Å².